The SMILES string of the molecule is Cc1cc(C)c(CC(=O)C2CC3CC3C2)c(C)c1. The first kappa shape index (κ1) is 12.0. The molecule has 1 aromatic rings. The second-order valence-corrected chi connectivity index (χ2v) is 6.44. The highest BCUT2D eigenvalue weighted by molar-refractivity contribution is 5.84. The van der Waals surface area contributed by atoms with Gasteiger partial charge in [0.25, 0.3) is 0 Å². The highest BCUT2D eigenvalue weighted by Gasteiger charge is 2.47. The smallest absolute Gasteiger partial charge is 0.140 e. The van der Waals surface area contributed by atoms with Gasteiger partial charge in [0.1, 0.15) is 5.78 Å². The standard InChI is InChI=1S/C17H22O/c1-10-4-11(2)16(12(3)5-10)9-17(18)15-7-13-6-14(13)8-15/h4-5,13-15H,6-9H2,1-3H3. The molecule has 0 radical (unpaired) electrons. The second kappa shape index (κ2) is 4.22. The molecule has 1 aromatic carbocycles. The normalized spacial score (nSPS) is 29.2. The van der Waals surface area contributed by atoms with Crippen LogP contribution >= 0.6 is 0 Å². The number of benzene rings is 1. The Balaban J connectivity index is 1.74. The number of carbonyl (C=O) groups excluding carboxylic acids is 1. The lowest BCUT2D eigenvalue weighted by molar-refractivity contribution is -0.122. The average Bonchev–Trinajstić information content (AvgIpc) is 2.90. The van der Waals surface area contributed by atoms with Crippen LogP contribution in [0, 0.1) is 38.5 Å². The predicted octanol–water partition coefficient (Wildman–Crippen LogP) is 3.77. The van der Waals surface area contributed by atoms with E-state index in [-0.39, 0.29) is 0 Å². The van der Waals surface area contributed by atoms with Gasteiger partial charge in [-0.15, -0.1) is 0 Å². The van der Waals surface area contributed by atoms with E-state index in [4.69, 9.17) is 0 Å². The monoisotopic (exact) mass is 242 g/mol. The predicted molar refractivity (Wildman–Crippen MR) is 73.7 cm³/mol. The molecule has 0 saturated heterocycles. The van der Waals surface area contributed by atoms with Gasteiger partial charge in [-0.1, -0.05) is 17.7 Å². The number of ketones is 1. The van der Waals surface area contributed by atoms with Crippen LogP contribution in [0.1, 0.15) is 41.5 Å². The molecule has 1 nitrogen and oxygen atoms in total. The summed E-state index contributed by atoms with van der Waals surface area (Å²) in [5.41, 5.74) is 5.13. The summed E-state index contributed by atoms with van der Waals surface area (Å²) in [4.78, 5) is 12.4. The Labute approximate surface area is 110 Å². The van der Waals surface area contributed by atoms with Gasteiger partial charge in [0.15, 0.2) is 0 Å². The van der Waals surface area contributed by atoms with Gasteiger partial charge < -0.3 is 0 Å². The van der Waals surface area contributed by atoms with Crippen molar-refractivity contribution in [2.75, 3.05) is 0 Å². The molecule has 18 heavy (non-hydrogen) atoms. The van der Waals surface area contributed by atoms with Crippen molar-refractivity contribution >= 4 is 5.78 Å². The molecular formula is C17H22O. The van der Waals surface area contributed by atoms with Crippen LogP contribution in [0.15, 0.2) is 12.1 Å². The minimum absolute atomic E-state index is 0.369. The summed E-state index contributed by atoms with van der Waals surface area (Å²) in [5.74, 6) is 2.66. The lowest BCUT2D eigenvalue weighted by Crippen LogP contribution is -2.16. The third kappa shape index (κ3) is 2.11. The Morgan fingerprint density at radius 2 is 1.61 bits per heavy atom. The van der Waals surface area contributed by atoms with E-state index in [0.717, 1.165) is 11.8 Å². The molecule has 2 fully saturated rings. The summed E-state index contributed by atoms with van der Waals surface area (Å²) in [6, 6.07) is 4.39. The molecule has 0 aliphatic heterocycles. The van der Waals surface area contributed by atoms with Gasteiger partial charge >= 0.3 is 0 Å². The largest absolute Gasteiger partial charge is 0.299 e. The fraction of sp³-hybridized carbons (Fsp3) is 0.588. The number of Topliss-reactive ketones (excluding diaryl/α,β-unsaturated/α-hetero) is 1. The summed E-state index contributed by atoms with van der Waals surface area (Å²) < 4.78 is 0. The maximum atomic E-state index is 12.4. The molecule has 0 bridgehead atoms. The average molecular weight is 242 g/mol. The Bertz CT molecular complexity index is 467. The lowest BCUT2D eigenvalue weighted by atomic mass is 9.89. The third-order valence-electron chi connectivity index (χ3n) is 4.89. The van der Waals surface area contributed by atoms with Crippen LogP contribution in [-0.4, -0.2) is 5.78 Å². The molecule has 1 heteroatoms. The molecule has 0 N–H and O–H groups in total. The van der Waals surface area contributed by atoms with Crippen molar-refractivity contribution in [3.05, 3.63) is 34.4 Å². The summed E-state index contributed by atoms with van der Waals surface area (Å²) in [5, 5.41) is 0. The molecule has 2 aliphatic carbocycles. The number of aryl methyl sites for hydroxylation is 3. The summed E-state index contributed by atoms with van der Waals surface area (Å²) in [6.45, 7) is 6.39. The van der Waals surface area contributed by atoms with E-state index in [0.29, 0.717) is 18.1 Å². The fourth-order valence-corrected chi connectivity index (χ4v) is 3.78. The molecule has 2 unspecified atom stereocenters. The van der Waals surface area contributed by atoms with Gasteiger partial charge in [-0.05, 0) is 68.6 Å². The Morgan fingerprint density at radius 1 is 1.06 bits per heavy atom. The Hall–Kier alpha value is -1.11. The molecule has 2 aliphatic rings. The van der Waals surface area contributed by atoms with Crippen LogP contribution in [0.25, 0.3) is 0 Å². The zero-order valence-electron chi connectivity index (χ0n) is 11.6. The molecular weight excluding hydrogens is 220 g/mol. The lowest BCUT2D eigenvalue weighted by Gasteiger charge is -2.14. The Morgan fingerprint density at radius 3 is 2.17 bits per heavy atom. The van der Waals surface area contributed by atoms with Crippen LogP contribution in [-0.2, 0) is 11.2 Å². The molecule has 3 rings (SSSR count). The quantitative estimate of drug-likeness (QED) is 0.788. The zero-order valence-corrected chi connectivity index (χ0v) is 11.6. The minimum Gasteiger partial charge on any atom is -0.299 e. The molecule has 2 saturated carbocycles. The van der Waals surface area contributed by atoms with E-state index in [1.165, 1.54) is 41.5 Å². The van der Waals surface area contributed by atoms with E-state index in [1.807, 2.05) is 0 Å². The maximum absolute atomic E-state index is 12.4. The van der Waals surface area contributed by atoms with E-state index >= 15 is 0 Å². The van der Waals surface area contributed by atoms with Crippen LogP contribution in [0.2, 0.25) is 0 Å². The number of carbonyl (C=O) groups is 1. The van der Waals surface area contributed by atoms with Crippen LogP contribution in [0.3, 0.4) is 0 Å². The van der Waals surface area contributed by atoms with Gasteiger partial charge in [0.2, 0.25) is 0 Å². The van der Waals surface area contributed by atoms with Gasteiger partial charge in [0, 0.05) is 12.3 Å². The summed E-state index contributed by atoms with van der Waals surface area (Å²) in [7, 11) is 0. The fourth-order valence-electron chi connectivity index (χ4n) is 3.78. The van der Waals surface area contributed by atoms with E-state index in [9.17, 15) is 4.79 Å². The highest BCUT2D eigenvalue weighted by Crippen LogP contribution is 2.54. The first-order valence-corrected chi connectivity index (χ1v) is 7.14. The minimum atomic E-state index is 0.369. The number of hydrogen-bond donors (Lipinski definition) is 0. The molecule has 0 spiro atoms. The van der Waals surface area contributed by atoms with E-state index in [1.54, 1.807) is 0 Å². The van der Waals surface area contributed by atoms with Crippen molar-refractivity contribution in [3.63, 3.8) is 0 Å². The third-order valence-corrected chi connectivity index (χ3v) is 4.89. The van der Waals surface area contributed by atoms with Crippen molar-refractivity contribution < 1.29 is 4.79 Å². The molecule has 0 amide bonds. The molecule has 2 atom stereocenters. The summed E-state index contributed by atoms with van der Waals surface area (Å²) >= 11 is 0. The first-order valence-electron chi connectivity index (χ1n) is 7.14. The van der Waals surface area contributed by atoms with E-state index in [2.05, 4.69) is 32.9 Å². The van der Waals surface area contributed by atoms with Crippen molar-refractivity contribution in [3.8, 4) is 0 Å². The van der Waals surface area contributed by atoms with Gasteiger partial charge in [-0.25, -0.2) is 0 Å². The molecule has 0 heterocycles. The highest BCUT2D eigenvalue weighted by atomic mass is 16.1. The zero-order chi connectivity index (χ0) is 12.9. The second-order valence-electron chi connectivity index (χ2n) is 6.44. The molecule has 96 valence electrons. The number of rotatable bonds is 3. The van der Waals surface area contributed by atoms with Crippen LogP contribution in [0.5, 0.6) is 0 Å². The van der Waals surface area contributed by atoms with Crippen molar-refractivity contribution in [1.82, 2.24) is 0 Å². The summed E-state index contributed by atoms with van der Waals surface area (Å²) in [6.07, 6.45) is 4.40. The number of hydrogen-bond acceptors (Lipinski definition) is 1. The topological polar surface area (TPSA) is 17.1 Å². The van der Waals surface area contributed by atoms with Gasteiger partial charge in [-0.3, -0.25) is 4.79 Å². The van der Waals surface area contributed by atoms with Crippen molar-refractivity contribution in [2.45, 2.75) is 46.5 Å². The van der Waals surface area contributed by atoms with Gasteiger partial charge in [0.05, 0.1) is 0 Å². The van der Waals surface area contributed by atoms with Gasteiger partial charge in [-0.2, -0.15) is 0 Å². The van der Waals surface area contributed by atoms with E-state index < -0.39 is 0 Å². The van der Waals surface area contributed by atoms with Crippen LogP contribution in [0.4, 0.5) is 0 Å². The van der Waals surface area contributed by atoms with Crippen LogP contribution < -0.4 is 0 Å². The van der Waals surface area contributed by atoms with Crippen molar-refractivity contribution in [1.29, 1.82) is 0 Å². The number of fused-ring (bicyclic) bond motifs is 1. The first-order chi connectivity index (χ1) is 8.54. The Kier molecular flexibility index (Phi) is 2.80. The molecule has 0 aromatic heterocycles. The maximum Gasteiger partial charge on any atom is 0.140 e. The van der Waals surface area contributed by atoms with Crippen molar-refractivity contribution in [2.24, 2.45) is 17.8 Å².